The lowest BCUT2D eigenvalue weighted by Gasteiger charge is -2.12. The van der Waals surface area contributed by atoms with Gasteiger partial charge in [0.05, 0.1) is 11.4 Å². The number of nitrogens with one attached hydrogen (secondary N) is 2. The van der Waals surface area contributed by atoms with Crippen molar-refractivity contribution in [3.8, 4) is 0 Å². The molecule has 0 saturated heterocycles. The molecule has 0 spiro atoms. The molecule has 0 radical (unpaired) electrons. The molecule has 1 saturated carbocycles. The van der Waals surface area contributed by atoms with Gasteiger partial charge in [0.15, 0.2) is 5.16 Å². The van der Waals surface area contributed by atoms with Gasteiger partial charge in [0, 0.05) is 11.6 Å². The van der Waals surface area contributed by atoms with Crippen LogP contribution in [0.5, 0.6) is 0 Å². The third-order valence-corrected chi connectivity index (χ3v) is 4.85. The van der Waals surface area contributed by atoms with Crippen LogP contribution in [0, 0.1) is 5.92 Å². The highest BCUT2D eigenvalue weighted by atomic mass is 32.2. The Kier molecular flexibility index (Phi) is 3.83. The van der Waals surface area contributed by atoms with E-state index >= 15 is 0 Å². The zero-order valence-corrected chi connectivity index (χ0v) is 12.4. The first-order valence-corrected chi connectivity index (χ1v) is 8.16. The molecule has 2 N–H and O–H groups in total. The number of H-pyrrole nitrogens is 1. The fourth-order valence-corrected chi connectivity index (χ4v) is 3.32. The van der Waals surface area contributed by atoms with Crippen LogP contribution < -0.4 is 10.9 Å². The summed E-state index contributed by atoms with van der Waals surface area (Å²) in [7, 11) is 0. The number of rotatable bonds is 5. The molecule has 1 amide bonds. The molecule has 108 valence electrons. The average molecular weight is 293 g/mol. The molecule has 6 heteroatoms. The molecule has 3 rings (SSSR count). The van der Waals surface area contributed by atoms with E-state index in [1.54, 1.807) is 0 Å². The van der Waals surface area contributed by atoms with Crippen LogP contribution in [0.4, 0.5) is 0 Å². The normalized spacial score (nSPS) is 18.6. The highest BCUT2D eigenvalue weighted by Crippen LogP contribution is 2.32. The number of nitrogens with zero attached hydrogens (tertiary/aromatic N) is 1. The summed E-state index contributed by atoms with van der Waals surface area (Å²) in [6.07, 6.45) is 5.13. The van der Waals surface area contributed by atoms with Gasteiger partial charge in [-0.3, -0.25) is 9.59 Å². The van der Waals surface area contributed by atoms with Crippen LogP contribution in [0.25, 0.3) is 0 Å². The van der Waals surface area contributed by atoms with Gasteiger partial charge in [0.1, 0.15) is 0 Å². The van der Waals surface area contributed by atoms with Crippen LogP contribution in [-0.4, -0.2) is 27.7 Å². The maximum atomic E-state index is 11.8. The summed E-state index contributed by atoms with van der Waals surface area (Å²) in [6.45, 7) is 2.05. The number of amides is 1. The lowest BCUT2D eigenvalue weighted by atomic mass is 10.2. The van der Waals surface area contributed by atoms with Crippen molar-refractivity contribution in [2.75, 3.05) is 5.75 Å². The monoisotopic (exact) mass is 293 g/mol. The molecule has 0 aromatic carbocycles. The van der Waals surface area contributed by atoms with E-state index in [2.05, 4.69) is 22.2 Å². The van der Waals surface area contributed by atoms with Crippen LogP contribution >= 0.6 is 11.8 Å². The summed E-state index contributed by atoms with van der Waals surface area (Å²) in [4.78, 5) is 30.9. The minimum Gasteiger partial charge on any atom is -0.353 e. The molecule has 1 aromatic rings. The molecule has 2 aliphatic carbocycles. The quantitative estimate of drug-likeness (QED) is 0.633. The van der Waals surface area contributed by atoms with Crippen molar-refractivity contribution < 1.29 is 4.79 Å². The summed E-state index contributed by atoms with van der Waals surface area (Å²) in [5, 5.41) is 3.56. The number of carbonyl (C=O) groups excluding carboxylic acids is 1. The molecule has 1 unspecified atom stereocenters. The minimum absolute atomic E-state index is 0.0116. The molecule has 20 heavy (non-hydrogen) atoms. The number of thioether (sulfide) groups is 1. The molecular weight excluding hydrogens is 274 g/mol. The Morgan fingerprint density at radius 1 is 1.50 bits per heavy atom. The number of fused-ring (bicyclic) bond motifs is 1. The smallest absolute Gasteiger partial charge is 0.254 e. The summed E-state index contributed by atoms with van der Waals surface area (Å²) in [6, 6.07) is 0.259. The molecule has 0 aliphatic heterocycles. The van der Waals surface area contributed by atoms with E-state index in [1.165, 1.54) is 24.6 Å². The third-order valence-electron chi connectivity index (χ3n) is 3.98. The lowest BCUT2D eigenvalue weighted by Crippen LogP contribution is -2.35. The van der Waals surface area contributed by atoms with Gasteiger partial charge >= 0.3 is 0 Å². The van der Waals surface area contributed by atoms with Gasteiger partial charge in [-0.15, -0.1) is 0 Å². The Bertz CT molecular complexity index is 580. The van der Waals surface area contributed by atoms with Crippen molar-refractivity contribution >= 4 is 17.7 Å². The predicted molar refractivity (Wildman–Crippen MR) is 77.9 cm³/mol. The predicted octanol–water partition coefficient (Wildman–Crippen LogP) is 1.27. The summed E-state index contributed by atoms with van der Waals surface area (Å²) >= 11 is 1.30. The second-order valence-corrected chi connectivity index (χ2v) is 6.60. The molecule has 1 heterocycles. The zero-order valence-electron chi connectivity index (χ0n) is 11.6. The van der Waals surface area contributed by atoms with E-state index in [0.717, 1.165) is 30.5 Å². The molecule has 2 aliphatic rings. The van der Waals surface area contributed by atoms with Crippen molar-refractivity contribution in [2.24, 2.45) is 5.92 Å². The highest BCUT2D eigenvalue weighted by Gasteiger charge is 2.28. The van der Waals surface area contributed by atoms with Gasteiger partial charge in [0.2, 0.25) is 5.91 Å². The van der Waals surface area contributed by atoms with Crippen LogP contribution in [-0.2, 0) is 17.6 Å². The first-order chi connectivity index (χ1) is 9.63. The van der Waals surface area contributed by atoms with E-state index in [9.17, 15) is 9.59 Å². The lowest BCUT2D eigenvalue weighted by molar-refractivity contribution is -0.119. The maximum Gasteiger partial charge on any atom is 0.254 e. The van der Waals surface area contributed by atoms with Gasteiger partial charge in [-0.05, 0) is 44.9 Å². The third kappa shape index (κ3) is 3.06. The van der Waals surface area contributed by atoms with Crippen LogP contribution in [0.2, 0.25) is 0 Å². The van der Waals surface area contributed by atoms with E-state index < -0.39 is 0 Å². The highest BCUT2D eigenvalue weighted by molar-refractivity contribution is 7.99. The fraction of sp³-hybridized carbons (Fsp3) is 0.643. The number of aromatic nitrogens is 2. The van der Waals surface area contributed by atoms with Gasteiger partial charge in [-0.1, -0.05) is 11.8 Å². The van der Waals surface area contributed by atoms with Gasteiger partial charge < -0.3 is 10.3 Å². The summed E-state index contributed by atoms with van der Waals surface area (Å²) < 4.78 is 0. The number of carbonyl (C=O) groups is 1. The second kappa shape index (κ2) is 5.60. The van der Waals surface area contributed by atoms with E-state index in [1.807, 2.05) is 0 Å². The van der Waals surface area contributed by atoms with Crippen LogP contribution in [0.1, 0.15) is 37.4 Å². The Labute approximate surface area is 122 Å². The Morgan fingerprint density at radius 3 is 3.05 bits per heavy atom. The van der Waals surface area contributed by atoms with E-state index in [-0.39, 0.29) is 17.5 Å². The Hall–Kier alpha value is -1.30. The molecule has 1 atom stereocenters. The number of aromatic amines is 1. The fourth-order valence-electron chi connectivity index (χ4n) is 2.63. The van der Waals surface area contributed by atoms with Crippen LogP contribution in [0.3, 0.4) is 0 Å². The molecule has 5 nitrogen and oxygen atoms in total. The Morgan fingerprint density at radius 2 is 2.30 bits per heavy atom. The number of hydrogen-bond acceptors (Lipinski definition) is 4. The largest absolute Gasteiger partial charge is 0.353 e. The van der Waals surface area contributed by atoms with Crippen molar-refractivity contribution in [2.45, 2.75) is 50.2 Å². The van der Waals surface area contributed by atoms with Gasteiger partial charge in [0.25, 0.3) is 5.56 Å². The van der Waals surface area contributed by atoms with E-state index in [0.29, 0.717) is 16.8 Å². The topological polar surface area (TPSA) is 74.8 Å². The van der Waals surface area contributed by atoms with E-state index in [4.69, 9.17) is 0 Å². The summed E-state index contributed by atoms with van der Waals surface area (Å²) in [5.41, 5.74) is 1.69. The van der Waals surface area contributed by atoms with Crippen molar-refractivity contribution in [3.05, 3.63) is 21.6 Å². The van der Waals surface area contributed by atoms with Gasteiger partial charge in [-0.25, -0.2) is 4.98 Å². The first-order valence-electron chi connectivity index (χ1n) is 7.17. The first kappa shape index (κ1) is 13.7. The SMILES string of the molecule is CC(NC(=O)CSc1nc2c(c(=O)[nH]1)CCC2)C1CC1. The van der Waals surface area contributed by atoms with Crippen molar-refractivity contribution in [3.63, 3.8) is 0 Å². The van der Waals surface area contributed by atoms with Crippen molar-refractivity contribution in [1.29, 1.82) is 0 Å². The molecular formula is C14H19N3O2S. The minimum atomic E-state index is -0.0400. The number of aryl methyl sites for hydroxylation is 1. The standard InChI is InChI=1S/C14H19N3O2S/c1-8(9-5-6-9)15-12(18)7-20-14-16-11-4-2-3-10(11)13(19)17-14/h8-9H,2-7H2,1H3,(H,15,18)(H,16,17,19). The van der Waals surface area contributed by atoms with Crippen molar-refractivity contribution in [1.82, 2.24) is 15.3 Å². The average Bonchev–Trinajstić information content (AvgIpc) is 3.15. The Balaban J connectivity index is 1.57. The summed E-state index contributed by atoms with van der Waals surface area (Å²) in [5.74, 6) is 0.970. The molecule has 1 aromatic heterocycles. The second-order valence-electron chi connectivity index (χ2n) is 5.63. The maximum absolute atomic E-state index is 11.8. The number of hydrogen-bond donors (Lipinski definition) is 2. The molecule has 0 bridgehead atoms. The molecule has 1 fully saturated rings. The van der Waals surface area contributed by atoms with Crippen LogP contribution in [0.15, 0.2) is 9.95 Å². The van der Waals surface area contributed by atoms with Gasteiger partial charge in [-0.2, -0.15) is 0 Å². The zero-order chi connectivity index (χ0) is 14.1.